The molecule has 2 rings (SSSR count). The van der Waals surface area contributed by atoms with Crippen molar-refractivity contribution in [1.82, 2.24) is 10.2 Å². The molecule has 1 aliphatic carbocycles. The lowest BCUT2D eigenvalue weighted by atomic mass is 9.82. The van der Waals surface area contributed by atoms with Crippen LogP contribution in [-0.4, -0.2) is 37.1 Å². The van der Waals surface area contributed by atoms with Crippen LogP contribution < -0.4 is 5.32 Å². The van der Waals surface area contributed by atoms with E-state index in [-0.39, 0.29) is 5.54 Å². The van der Waals surface area contributed by atoms with Gasteiger partial charge in [0, 0.05) is 6.54 Å². The van der Waals surface area contributed by atoms with Crippen LogP contribution in [0.4, 0.5) is 0 Å². The Balaban J connectivity index is 1.94. The number of likely N-dealkylation sites (tertiary alicyclic amines) is 1. The summed E-state index contributed by atoms with van der Waals surface area (Å²) in [6, 6.07) is 2.54. The van der Waals surface area contributed by atoms with Crippen molar-refractivity contribution in [1.29, 1.82) is 5.26 Å². The van der Waals surface area contributed by atoms with Crippen LogP contribution in [0.3, 0.4) is 0 Å². The van der Waals surface area contributed by atoms with Crippen LogP contribution in [0.2, 0.25) is 0 Å². The molecule has 0 amide bonds. The van der Waals surface area contributed by atoms with Gasteiger partial charge in [0.15, 0.2) is 0 Å². The summed E-state index contributed by atoms with van der Waals surface area (Å²) in [4.78, 5) is 2.48. The standard InChI is InChI=1S/C14H25N3/c1-13(2)6-8-17(9-7-13)11-14(10-15,16-3)12-4-5-12/h12,16H,4-9,11H2,1-3H3. The fraction of sp³-hybridized carbons (Fsp3) is 0.929. The Morgan fingerprint density at radius 1 is 1.35 bits per heavy atom. The average molecular weight is 235 g/mol. The molecule has 17 heavy (non-hydrogen) atoms. The lowest BCUT2D eigenvalue weighted by Gasteiger charge is -2.40. The van der Waals surface area contributed by atoms with Gasteiger partial charge < -0.3 is 10.2 Å². The van der Waals surface area contributed by atoms with Crippen molar-refractivity contribution in [2.45, 2.75) is 45.1 Å². The van der Waals surface area contributed by atoms with Gasteiger partial charge in [0.05, 0.1) is 6.07 Å². The zero-order chi connectivity index (χ0) is 12.5. The summed E-state index contributed by atoms with van der Waals surface area (Å²) < 4.78 is 0. The minimum absolute atomic E-state index is 0.290. The Kier molecular flexibility index (Phi) is 3.47. The van der Waals surface area contributed by atoms with E-state index in [2.05, 4.69) is 30.1 Å². The largest absolute Gasteiger partial charge is 0.301 e. The second-order valence-electron chi connectivity index (χ2n) is 6.55. The normalized spacial score (nSPS) is 28.4. The highest BCUT2D eigenvalue weighted by Gasteiger charge is 2.46. The van der Waals surface area contributed by atoms with Gasteiger partial charge in [-0.05, 0) is 57.2 Å². The third kappa shape index (κ3) is 2.81. The number of nitrogens with zero attached hydrogens (tertiary/aromatic N) is 2. The van der Waals surface area contributed by atoms with Crippen LogP contribution in [0.1, 0.15) is 39.5 Å². The van der Waals surface area contributed by atoms with Gasteiger partial charge in [-0.3, -0.25) is 0 Å². The van der Waals surface area contributed by atoms with E-state index in [4.69, 9.17) is 0 Å². The van der Waals surface area contributed by atoms with E-state index in [1.165, 1.54) is 25.7 Å². The summed E-state index contributed by atoms with van der Waals surface area (Å²) in [5, 5.41) is 12.8. The van der Waals surface area contributed by atoms with Crippen LogP contribution in [0.5, 0.6) is 0 Å². The van der Waals surface area contributed by atoms with E-state index in [0.29, 0.717) is 11.3 Å². The molecule has 0 aromatic rings. The van der Waals surface area contributed by atoms with E-state index in [9.17, 15) is 5.26 Å². The average Bonchev–Trinajstić information content (AvgIpc) is 3.13. The molecule has 3 nitrogen and oxygen atoms in total. The molecule has 0 bridgehead atoms. The Bertz CT molecular complexity index is 304. The highest BCUT2D eigenvalue weighted by molar-refractivity contribution is 5.16. The van der Waals surface area contributed by atoms with Gasteiger partial charge in [-0.25, -0.2) is 0 Å². The first kappa shape index (κ1) is 12.9. The van der Waals surface area contributed by atoms with Crippen LogP contribution >= 0.6 is 0 Å². The highest BCUT2D eigenvalue weighted by atomic mass is 15.2. The predicted molar refractivity (Wildman–Crippen MR) is 69.6 cm³/mol. The lowest BCUT2D eigenvalue weighted by molar-refractivity contribution is 0.108. The second kappa shape index (κ2) is 4.59. The number of nitriles is 1. The minimum atomic E-state index is -0.290. The molecule has 0 spiro atoms. The Morgan fingerprint density at radius 3 is 2.35 bits per heavy atom. The van der Waals surface area contributed by atoms with E-state index in [0.717, 1.165) is 19.6 Å². The van der Waals surface area contributed by atoms with Crippen LogP contribution in [0.25, 0.3) is 0 Å². The second-order valence-corrected chi connectivity index (χ2v) is 6.55. The molecule has 1 atom stereocenters. The van der Waals surface area contributed by atoms with Crippen molar-refractivity contribution < 1.29 is 0 Å². The van der Waals surface area contributed by atoms with Crippen LogP contribution in [0.15, 0.2) is 0 Å². The molecular formula is C14H25N3. The van der Waals surface area contributed by atoms with Crippen molar-refractivity contribution in [2.75, 3.05) is 26.7 Å². The van der Waals surface area contributed by atoms with E-state index < -0.39 is 0 Å². The maximum Gasteiger partial charge on any atom is 0.122 e. The van der Waals surface area contributed by atoms with E-state index >= 15 is 0 Å². The third-order valence-electron chi connectivity index (χ3n) is 4.60. The zero-order valence-electron chi connectivity index (χ0n) is 11.4. The maximum absolute atomic E-state index is 9.48. The molecule has 1 aliphatic heterocycles. The fourth-order valence-electron chi connectivity index (χ4n) is 2.84. The van der Waals surface area contributed by atoms with Crippen molar-refractivity contribution in [2.24, 2.45) is 11.3 Å². The number of hydrogen-bond acceptors (Lipinski definition) is 3. The molecule has 2 fully saturated rings. The number of hydrogen-bond donors (Lipinski definition) is 1. The molecule has 0 aromatic carbocycles. The molecule has 1 N–H and O–H groups in total. The van der Waals surface area contributed by atoms with Gasteiger partial charge in [0.2, 0.25) is 0 Å². The van der Waals surface area contributed by atoms with Gasteiger partial charge in [0.1, 0.15) is 5.54 Å². The van der Waals surface area contributed by atoms with Gasteiger partial charge in [-0.2, -0.15) is 5.26 Å². The zero-order valence-corrected chi connectivity index (χ0v) is 11.4. The summed E-state index contributed by atoms with van der Waals surface area (Å²) in [5.41, 5.74) is 0.201. The van der Waals surface area contributed by atoms with Crippen molar-refractivity contribution in [3.05, 3.63) is 0 Å². The maximum atomic E-state index is 9.48. The Morgan fingerprint density at radius 2 is 1.94 bits per heavy atom. The highest BCUT2D eigenvalue weighted by Crippen LogP contribution is 2.40. The monoisotopic (exact) mass is 235 g/mol. The molecule has 96 valence electrons. The molecule has 0 radical (unpaired) electrons. The molecule has 1 heterocycles. The number of piperidine rings is 1. The van der Waals surface area contributed by atoms with E-state index in [1.54, 1.807) is 0 Å². The summed E-state index contributed by atoms with van der Waals surface area (Å²) >= 11 is 0. The van der Waals surface area contributed by atoms with Crippen molar-refractivity contribution in [3.63, 3.8) is 0 Å². The molecule has 1 saturated carbocycles. The fourth-order valence-corrected chi connectivity index (χ4v) is 2.84. The van der Waals surface area contributed by atoms with Gasteiger partial charge in [0.25, 0.3) is 0 Å². The van der Waals surface area contributed by atoms with Gasteiger partial charge >= 0.3 is 0 Å². The number of nitrogens with one attached hydrogen (secondary N) is 1. The minimum Gasteiger partial charge on any atom is -0.301 e. The first-order chi connectivity index (χ1) is 8.01. The molecule has 0 aromatic heterocycles. The smallest absolute Gasteiger partial charge is 0.122 e. The predicted octanol–water partition coefficient (Wildman–Crippen LogP) is 2.00. The summed E-state index contributed by atoms with van der Waals surface area (Å²) in [6.45, 7) is 7.89. The SMILES string of the molecule is CNC(C#N)(CN1CCC(C)(C)CC1)C1CC1. The summed E-state index contributed by atoms with van der Waals surface area (Å²) in [7, 11) is 1.94. The Labute approximate surface area is 105 Å². The molecule has 1 unspecified atom stereocenters. The number of rotatable bonds is 4. The van der Waals surface area contributed by atoms with Gasteiger partial charge in [-0.15, -0.1) is 0 Å². The summed E-state index contributed by atoms with van der Waals surface area (Å²) in [5.74, 6) is 0.576. The topological polar surface area (TPSA) is 39.1 Å². The molecule has 2 aliphatic rings. The molecule has 1 saturated heterocycles. The third-order valence-corrected chi connectivity index (χ3v) is 4.60. The molecular weight excluding hydrogens is 210 g/mol. The van der Waals surface area contributed by atoms with E-state index in [1.807, 2.05) is 7.05 Å². The number of likely N-dealkylation sites (N-methyl/N-ethyl adjacent to an activating group) is 1. The Hall–Kier alpha value is -0.590. The van der Waals surface area contributed by atoms with Gasteiger partial charge in [-0.1, -0.05) is 13.8 Å². The lowest BCUT2D eigenvalue weighted by Crippen LogP contribution is -2.54. The van der Waals surface area contributed by atoms with Crippen molar-refractivity contribution >= 4 is 0 Å². The summed E-state index contributed by atoms with van der Waals surface area (Å²) in [6.07, 6.45) is 4.94. The first-order valence-electron chi connectivity index (χ1n) is 6.84. The van der Waals surface area contributed by atoms with Crippen LogP contribution in [-0.2, 0) is 0 Å². The first-order valence-corrected chi connectivity index (χ1v) is 6.84. The quantitative estimate of drug-likeness (QED) is 0.810. The van der Waals surface area contributed by atoms with Crippen molar-refractivity contribution in [3.8, 4) is 6.07 Å². The van der Waals surface area contributed by atoms with Crippen LogP contribution in [0, 0.1) is 22.7 Å². The molecule has 3 heteroatoms.